The number of hydrogen-bond acceptors (Lipinski definition) is 3. The van der Waals surface area contributed by atoms with Crippen molar-refractivity contribution in [3.05, 3.63) is 0 Å². The summed E-state index contributed by atoms with van der Waals surface area (Å²) in [5, 5.41) is 12.2. The second-order valence-electron chi connectivity index (χ2n) is 5.56. The Balaban J connectivity index is 2.40. The van der Waals surface area contributed by atoms with Crippen molar-refractivity contribution < 1.29 is 0 Å². The third kappa shape index (κ3) is 4.51. The number of nitrogens with zero attached hydrogens (tertiary/aromatic N) is 2. The van der Waals surface area contributed by atoms with E-state index in [1.807, 2.05) is 0 Å². The van der Waals surface area contributed by atoms with Gasteiger partial charge >= 0.3 is 0 Å². The second kappa shape index (κ2) is 6.22. The number of hydrogen-bond donors (Lipinski definition) is 1. The molecule has 0 bridgehead atoms. The monoisotopic (exact) mass is 223 g/mol. The summed E-state index contributed by atoms with van der Waals surface area (Å²) < 4.78 is 0. The van der Waals surface area contributed by atoms with E-state index in [1.165, 1.54) is 19.3 Å². The number of nitriles is 1. The van der Waals surface area contributed by atoms with E-state index in [1.54, 1.807) is 0 Å². The SMILES string of the molecule is CCNC(C#N)CN1CCCC(C)(C)CC1. The largest absolute Gasteiger partial charge is 0.301 e. The van der Waals surface area contributed by atoms with Crippen LogP contribution >= 0.6 is 0 Å². The minimum atomic E-state index is -0.00814. The summed E-state index contributed by atoms with van der Waals surface area (Å²) in [5.74, 6) is 0. The van der Waals surface area contributed by atoms with Crippen molar-refractivity contribution in [3.8, 4) is 6.07 Å². The van der Waals surface area contributed by atoms with Crippen molar-refractivity contribution in [2.45, 2.75) is 46.1 Å². The van der Waals surface area contributed by atoms with Gasteiger partial charge < -0.3 is 10.2 Å². The molecule has 3 heteroatoms. The molecule has 1 fully saturated rings. The summed E-state index contributed by atoms with van der Waals surface area (Å²) in [6, 6.07) is 2.33. The first-order valence-electron chi connectivity index (χ1n) is 6.43. The molecule has 0 saturated carbocycles. The lowest BCUT2D eigenvalue weighted by Crippen LogP contribution is -2.40. The first kappa shape index (κ1) is 13.5. The molecule has 92 valence electrons. The molecule has 0 aliphatic carbocycles. The van der Waals surface area contributed by atoms with Gasteiger partial charge in [0.1, 0.15) is 6.04 Å². The molecule has 0 amide bonds. The van der Waals surface area contributed by atoms with E-state index in [-0.39, 0.29) is 6.04 Å². The Bertz CT molecular complexity index is 242. The maximum Gasteiger partial charge on any atom is 0.108 e. The Labute approximate surface area is 99.8 Å². The van der Waals surface area contributed by atoms with Crippen molar-refractivity contribution in [1.29, 1.82) is 5.26 Å². The predicted octanol–water partition coefficient (Wildman–Crippen LogP) is 2.00. The molecule has 1 aliphatic heterocycles. The fraction of sp³-hybridized carbons (Fsp3) is 0.923. The topological polar surface area (TPSA) is 39.1 Å². The van der Waals surface area contributed by atoms with Gasteiger partial charge in [0, 0.05) is 6.54 Å². The van der Waals surface area contributed by atoms with Crippen LogP contribution in [0.1, 0.15) is 40.0 Å². The van der Waals surface area contributed by atoms with Crippen LogP contribution in [0, 0.1) is 16.7 Å². The summed E-state index contributed by atoms with van der Waals surface area (Å²) in [6.07, 6.45) is 3.82. The summed E-state index contributed by atoms with van der Waals surface area (Å²) >= 11 is 0. The van der Waals surface area contributed by atoms with Gasteiger partial charge in [0.25, 0.3) is 0 Å². The van der Waals surface area contributed by atoms with Gasteiger partial charge in [-0.15, -0.1) is 0 Å². The van der Waals surface area contributed by atoms with E-state index in [4.69, 9.17) is 5.26 Å². The van der Waals surface area contributed by atoms with Crippen molar-refractivity contribution in [1.82, 2.24) is 10.2 Å². The lowest BCUT2D eigenvalue weighted by molar-refractivity contribution is 0.250. The van der Waals surface area contributed by atoms with E-state index in [2.05, 4.69) is 37.1 Å². The molecule has 0 aromatic rings. The highest BCUT2D eigenvalue weighted by atomic mass is 15.1. The molecule has 1 heterocycles. The molecular formula is C13H25N3. The first-order valence-corrected chi connectivity index (χ1v) is 6.43. The smallest absolute Gasteiger partial charge is 0.108 e. The number of likely N-dealkylation sites (tertiary alicyclic amines) is 1. The molecule has 1 aliphatic rings. The van der Waals surface area contributed by atoms with Crippen LogP contribution in [0.25, 0.3) is 0 Å². The maximum absolute atomic E-state index is 9.02. The van der Waals surface area contributed by atoms with Crippen molar-refractivity contribution in [2.75, 3.05) is 26.2 Å². The van der Waals surface area contributed by atoms with E-state index in [0.29, 0.717) is 5.41 Å². The minimum absolute atomic E-state index is 0.00814. The average Bonchev–Trinajstić information content (AvgIpc) is 2.40. The fourth-order valence-electron chi connectivity index (χ4n) is 2.32. The molecule has 0 spiro atoms. The zero-order valence-corrected chi connectivity index (χ0v) is 10.9. The Hall–Kier alpha value is -0.590. The Kier molecular flexibility index (Phi) is 5.24. The third-order valence-electron chi connectivity index (χ3n) is 3.48. The van der Waals surface area contributed by atoms with Gasteiger partial charge in [0.05, 0.1) is 6.07 Å². The van der Waals surface area contributed by atoms with Crippen LogP contribution in [0.2, 0.25) is 0 Å². The van der Waals surface area contributed by atoms with Gasteiger partial charge in [-0.2, -0.15) is 5.26 Å². The van der Waals surface area contributed by atoms with E-state index in [0.717, 1.165) is 26.2 Å². The summed E-state index contributed by atoms with van der Waals surface area (Å²) in [5.41, 5.74) is 0.481. The molecule has 1 atom stereocenters. The minimum Gasteiger partial charge on any atom is -0.301 e. The zero-order valence-electron chi connectivity index (χ0n) is 10.9. The molecule has 1 saturated heterocycles. The summed E-state index contributed by atoms with van der Waals surface area (Å²) in [7, 11) is 0. The number of rotatable bonds is 4. The van der Waals surface area contributed by atoms with Gasteiger partial charge in [-0.3, -0.25) is 0 Å². The van der Waals surface area contributed by atoms with E-state index >= 15 is 0 Å². The van der Waals surface area contributed by atoms with E-state index < -0.39 is 0 Å². The molecule has 3 nitrogen and oxygen atoms in total. The van der Waals surface area contributed by atoms with Crippen LogP contribution < -0.4 is 5.32 Å². The quantitative estimate of drug-likeness (QED) is 0.792. The highest BCUT2D eigenvalue weighted by Crippen LogP contribution is 2.29. The van der Waals surface area contributed by atoms with Crippen molar-refractivity contribution in [2.24, 2.45) is 5.41 Å². The number of likely N-dealkylation sites (N-methyl/N-ethyl adjacent to an activating group) is 1. The van der Waals surface area contributed by atoms with E-state index in [9.17, 15) is 0 Å². The highest BCUT2D eigenvalue weighted by Gasteiger charge is 2.24. The first-order chi connectivity index (χ1) is 7.57. The molecule has 0 radical (unpaired) electrons. The summed E-state index contributed by atoms with van der Waals surface area (Å²) in [6.45, 7) is 10.8. The summed E-state index contributed by atoms with van der Waals surface area (Å²) in [4.78, 5) is 2.44. The van der Waals surface area contributed by atoms with Crippen LogP contribution in [0.15, 0.2) is 0 Å². The second-order valence-corrected chi connectivity index (χ2v) is 5.56. The lowest BCUT2D eigenvalue weighted by Gasteiger charge is -2.24. The number of nitrogens with one attached hydrogen (secondary N) is 1. The van der Waals surface area contributed by atoms with Crippen LogP contribution in [-0.4, -0.2) is 37.1 Å². The fourth-order valence-corrected chi connectivity index (χ4v) is 2.32. The average molecular weight is 223 g/mol. The predicted molar refractivity (Wildman–Crippen MR) is 67.1 cm³/mol. The van der Waals surface area contributed by atoms with Gasteiger partial charge in [0.15, 0.2) is 0 Å². The highest BCUT2D eigenvalue weighted by molar-refractivity contribution is 4.92. The molecule has 0 aromatic heterocycles. The lowest BCUT2D eigenvalue weighted by atomic mass is 9.85. The van der Waals surface area contributed by atoms with Crippen LogP contribution in [0.4, 0.5) is 0 Å². The molecule has 16 heavy (non-hydrogen) atoms. The van der Waals surface area contributed by atoms with Gasteiger partial charge in [-0.05, 0) is 44.3 Å². The zero-order chi connectivity index (χ0) is 12.0. The maximum atomic E-state index is 9.02. The molecular weight excluding hydrogens is 198 g/mol. The van der Waals surface area contributed by atoms with Gasteiger partial charge in [0.2, 0.25) is 0 Å². The van der Waals surface area contributed by atoms with Crippen molar-refractivity contribution in [3.63, 3.8) is 0 Å². The standard InChI is InChI=1S/C13H25N3/c1-4-15-12(10-14)11-16-8-5-6-13(2,3)7-9-16/h12,15H,4-9,11H2,1-3H3. The van der Waals surface area contributed by atoms with Crippen LogP contribution in [-0.2, 0) is 0 Å². The Morgan fingerprint density at radius 1 is 1.38 bits per heavy atom. The Morgan fingerprint density at radius 2 is 2.12 bits per heavy atom. The van der Waals surface area contributed by atoms with Crippen molar-refractivity contribution >= 4 is 0 Å². The van der Waals surface area contributed by atoms with Gasteiger partial charge in [-0.25, -0.2) is 0 Å². The van der Waals surface area contributed by atoms with Gasteiger partial charge in [-0.1, -0.05) is 20.8 Å². The van der Waals surface area contributed by atoms with Crippen LogP contribution in [0.3, 0.4) is 0 Å². The third-order valence-corrected chi connectivity index (χ3v) is 3.48. The normalized spacial score (nSPS) is 23.4. The van der Waals surface area contributed by atoms with Crippen LogP contribution in [0.5, 0.6) is 0 Å². The Morgan fingerprint density at radius 3 is 2.75 bits per heavy atom. The molecule has 1 unspecified atom stereocenters. The molecule has 0 aromatic carbocycles. The molecule has 1 rings (SSSR count). The molecule has 1 N–H and O–H groups in total.